The highest BCUT2D eigenvalue weighted by Crippen LogP contribution is 2.24. The van der Waals surface area contributed by atoms with Gasteiger partial charge in [0.1, 0.15) is 10.6 Å². The zero-order chi connectivity index (χ0) is 22.7. The number of nitrogens with zero attached hydrogens (tertiary/aromatic N) is 1. The Bertz CT molecular complexity index is 937. The normalized spacial score (nSPS) is 11.0. The van der Waals surface area contributed by atoms with Crippen molar-refractivity contribution in [2.75, 3.05) is 26.0 Å². The van der Waals surface area contributed by atoms with E-state index in [0.717, 1.165) is 4.88 Å². The number of carbonyl (C=O) groups is 1. The van der Waals surface area contributed by atoms with Crippen molar-refractivity contribution in [2.45, 2.75) is 19.3 Å². The van der Waals surface area contributed by atoms with Gasteiger partial charge in [0, 0.05) is 28.0 Å². The molecule has 2 rings (SSSR count). The minimum atomic E-state index is -3.34. The second-order valence-electron chi connectivity index (χ2n) is 6.14. The van der Waals surface area contributed by atoms with Gasteiger partial charge < -0.3 is 9.84 Å². The molecule has 0 amide bonds. The lowest BCUT2D eigenvalue weighted by atomic mass is 10.2. The molecule has 2 aromatic rings. The minimum Gasteiger partial charge on any atom is -0.493 e. The third kappa shape index (κ3) is 9.37. The fraction of sp³-hybridized carbons (Fsp3) is 0.350. The first-order valence-electron chi connectivity index (χ1n) is 8.84. The molecule has 1 aromatic carbocycles. The van der Waals surface area contributed by atoms with Crippen molar-refractivity contribution in [1.29, 1.82) is 0 Å². The standard InChI is InChI=1S/C18H21Cl2NO5S2.C2H2/c1-28(24,25)21(7-2-4-16-5-6-17(27-16)18(22)23)8-3-9-26-15-11-13(19)10-14(20)12-15;1-2/h5-6,10-12H,2-4,7-9H2,1H3,(H,22,23);1-2H. The number of terminal acetylenes is 1. The molecule has 1 N–H and O–H groups in total. The molecule has 0 aliphatic carbocycles. The zero-order valence-corrected chi connectivity index (χ0v) is 19.5. The summed E-state index contributed by atoms with van der Waals surface area (Å²) in [5.74, 6) is -0.412. The highest BCUT2D eigenvalue weighted by atomic mass is 35.5. The number of aromatic carboxylic acids is 1. The van der Waals surface area contributed by atoms with Gasteiger partial charge in [-0.2, -0.15) is 0 Å². The summed E-state index contributed by atoms with van der Waals surface area (Å²) in [7, 11) is -3.34. The summed E-state index contributed by atoms with van der Waals surface area (Å²) in [4.78, 5) is 12.1. The molecule has 1 aromatic heterocycles. The number of sulfonamides is 1. The number of ether oxygens (including phenoxy) is 1. The second-order valence-corrected chi connectivity index (χ2v) is 10.2. The lowest BCUT2D eigenvalue weighted by molar-refractivity contribution is 0.0702. The number of hydrogen-bond acceptors (Lipinski definition) is 5. The Hall–Kier alpha value is -1.76. The topological polar surface area (TPSA) is 83.9 Å². The van der Waals surface area contributed by atoms with Crippen LogP contribution in [0.3, 0.4) is 0 Å². The van der Waals surface area contributed by atoms with Gasteiger partial charge in [-0.15, -0.1) is 24.2 Å². The fourth-order valence-corrected chi connectivity index (χ4v) is 4.86. The van der Waals surface area contributed by atoms with E-state index < -0.39 is 16.0 Å². The summed E-state index contributed by atoms with van der Waals surface area (Å²) in [5.41, 5.74) is 0. The number of hydrogen-bond donors (Lipinski definition) is 1. The quantitative estimate of drug-likeness (QED) is 0.364. The molecule has 0 saturated carbocycles. The largest absolute Gasteiger partial charge is 0.493 e. The van der Waals surface area contributed by atoms with E-state index in [1.165, 1.54) is 21.9 Å². The van der Waals surface area contributed by atoms with Crippen LogP contribution in [-0.2, 0) is 16.4 Å². The Morgan fingerprint density at radius 3 is 2.27 bits per heavy atom. The van der Waals surface area contributed by atoms with Crippen LogP contribution in [0, 0.1) is 12.8 Å². The smallest absolute Gasteiger partial charge is 0.345 e. The third-order valence-electron chi connectivity index (χ3n) is 3.83. The Kier molecular flexibility index (Phi) is 11.2. The Morgan fingerprint density at radius 1 is 1.13 bits per heavy atom. The number of rotatable bonds is 11. The molecule has 0 fully saturated rings. The van der Waals surface area contributed by atoms with Crippen LogP contribution < -0.4 is 4.74 Å². The highest BCUT2D eigenvalue weighted by Gasteiger charge is 2.16. The molecule has 0 aliphatic heterocycles. The van der Waals surface area contributed by atoms with E-state index in [4.69, 9.17) is 33.0 Å². The van der Waals surface area contributed by atoms with Gasteiger partial charge in [0.2, 0.25) is 10.0 Å². The Morgan fingerprint density at radius 2 is 1.73 bits per heavy atom. The summed E-state index contributed by atoms with van der Waals surface area (Å²) in [5, 5.41) is 9.89. The summed E-state index contributed by atoms with van der Waals surface area (Å²) in [6, 6.07) is 8.23. The summed E-state index contributed by atoms with van der Waals surface area (Å²) < 4.78 is 31.0. The lowest BCUT2D eigenvalue weighted by Gasteiger charge is -2.19. The van der Waals surface area contributed by atoms with Gasteiger partial charge in [-0.05, 0) is 49.6 Å². The van der Waals surface area contributed by atoms with Gasteiger partial charge in [0.15, 0.2) is 0 Å². The molecule has 30 heavy (non-hydrogen) atoms. The molecule has 10 heteroatoms. The van der Waals surface area contributed by atoms with Crippen LogP contribution >= 0.6 is 34.5 Å². The predicted octanol–water partition coefficient (Wildman–Crippen LogP) is 4.67. The summed E-state index contributed by atoms with van der Waals surface area (Å²) in [6.45, 7) is 1.02. The van der Waals surface area contributed by atoms with Crippen molar-refractivity contribution < 1.29 is 23.1 Å². The number of benzene rings is 1. The first-order chi connectivity index (χ1) is 14.1. The van der Waals surface area contributed by atoms with Gasteiger partial charge in [0.05, 0.1) is 12.9 Å². The average molecular weight is 492 g/mol. The number of carboxylic acids is 1. The van der Waals surface area contributed by atoms with Gasteiger partial charge >= 0.3 is 5.97 Å². The Balaban J connectivity index is 0.00000218. The second kappa shape index (κ2) is 12.8. The fourth-order valence-electron chi connectivity index (χ4n) is 2.54. The van der Waals surface area contributed by atoms with Crippen molar-refractivity contribution in [1.82, 2.24) is 4.31 Å². The molecule has 0 spiro atoms. The average Bonchev–Trinajstić information content (AvgIpc) is 3.13. The predicted molar refractivity (Wildman–Crippen MR) is 122 cm³/mol. The van der Waals surface area contributed by atoms with E-state index in [1.54, 1.807) is 30.3 Å². The maximum atomic E-state index is 12.0. The van der Waals surface area contributed by atoms with E-state index >= 15 is 0 Å². The lowest BCUT2D eigenvalue weighted by Crippen LogP contribution is -2.33. The summed E-state index contributed by atoms with van der Waals surface area (Å²) in [6.07, 6.45) is 10.9. The maximum absolute atomic E-state index is 12.0. The number of thiophene rings is 1. The molecule has 6 nitrogen and oxygen atoms in total. The van der Waals surface area contributed by atoms with Crippen LogP contribution in [0.1, 0.15) is 27.4 Å². The van der Waals surface area contributed by atoms with Gasteiger partial charge in [-0.3, -0.25) is 0 Å². The first-order valence-corrected chi connectivity index (χ1v) is 12.3. The van der Waals surface area contributed by atoms with E-state index in [1.807, 2.05) is 0 Å². The van der Waals surface area contributed by atoms with E-state index in [0.29, 0.717) is 54.8 Å². The van der Waals surface area contributed by atoms with Crippen molar-refractivity contribution in [2.24, 2.45) is 0 Å². The van der Waals surface area contributed by atoms with Gasteiger partial charge in [-0.1, -0.05) is 23.2 Å². The van der Waals surface area contributed by atoms with E-state index in [9.17, 15) is 13.2 Å². The molecule has 1 heterocycles. The molecule has 0 saturated heterocycles. The molecule has 0 bridgehead atoms. The van der Waals surface area contributed by atoms with Crippen LogP contribution in [0.4, 0.5) is 0 Å². The number of aryl methyl sites for hydroxylation is 1. The molecule has 164 valence electrons. The van der Waals surface area contributed by atoms with Crippen molar-refractivity contribution in [3.63, 3.8) is 0 Å². The zero-order valence-electron chi connectivity index (χ0n) is 16.4. The van der Waals surface area contributed by atoms with Crippen LogP contribution in [0.15, 0.2) is 30.3 Å². The van der Waals surface area contributed by atoms with Crippen LogP contribution in [0.5, 0.6) is 5.75 Å². The maximum Gasteiger partial charge on any atom is 0.345 e. The molecule has 0 atom stereocenters. The SMILES string of the molecule is C#C.CS(=O)(=O)N(CCCOc1cc(Cl)cc(Cl)c1)CCCc1ccc(C(=O)O)s1. The molecule has 0 unspecified atom stereocenters. The van der Waals surface area contributed by atoms with Crippen molar-refractivity contribution in [3.8, 4) is 18.6 Å². The summed E-state index contributed by atoms with van der Waals surface area (Å²) >= 11 is 13.0. The van der Waals surface area contributed by atoms with Crippen molar-refractivity contribution in [3.05, 3.63) is 50.1 Å². The van der Waals surface area contributed by atoms with Gasteiger partial charge in [0.25, 0.3) is 0 Å². The minimum absolute atomic E-state index is 0.285. The van der Waals surface area contributed by atoms with E-state index in [-0.39, 0.29) is 4.88 Å². The van der Waals surface area contributed by atoms with Crippen LogP contribution in [-0.4, -0.2) is 49.8 Å². The molecular formula is C20H23Cl2NO5S2. The third-order valence-corrected chi connectivity index (χ3v) is 6.70. The first kappa shape index (κ1) is 26.3. The van der Waals surface area contributed by atoms with Crippen LogP contribution in [0.25, 0.3) is 0 Å². The molecule has 0 aliphatic rings. The van der Waals surface area contributed by atoms with Crippen LogP contribution in [0.2, 0.25) is 10.0 Å². The van der Waals surface area contributed by atoms with E-state index in [2.05, 4.69) is 12.8 Å². The number of halogens is 2. The monoisotopic (exact) mass is 491 g/mol. The molecule has 0 radical (unpaired) electrons. The highest BCUT2D eigenvalue weighted by molar-refractivity contribution is 7.88. The van der Waals surface area contributed by atoms with Crippen molar-refractivity contribution >= 4 is 50.5 Å². The molecular weight excluding hydrogens is 469 g/mol. The van der Waals surface area contributed by atoms with Gasteiger partial charge in [-0.25, -0.2) is 17.5 Å². The Labute approximate surface area is 191 Å². The number of carboxylic acid groups (broad SMARTS) is 1.